The molecule has 2 aliphatic rings. The minimum atomic E-state index is 0. The average molecular weight is 996 g/mol. The summed E-state index contributed by atoms with van der Waals surface area (Å²) in [5.74, 6) is 3.51. The van der Waals surface area contributed by atoms with Gasteiger partial charge in [0, 0.05) is 61.2 Å². The van der Waals surface area contributed by atoms with Gasteiger partial charge in [-0.3, -0.25) is 14.3 Å². The number of carbonyl (C=O) groups excluding carboxylic acids is 1. The van der Waals surface area contributed by atoms with Gasteiger partial charge in [0.25, 0.3) is 0 Å². The van der Waals surface area contributed by atoms with Crippen LogP contribution in [0.1, 0.15) is 160 Å². The third-order valence-electron chi connectivity index (χ3n) is 12.1. The lowest BCUT2D eigenvalue weighted by Gasteiger charge is -2.09. The monoisotopic (exact) mass is 996 g/mol. The molecule has 0 N–H and O–H groups in total. The highest BCUT2D eigenvalue weighted by Crippen LogP contribution is 2.30. The molecule has 1 aliphatic carbocycles. The number of nitrogens with zero attached hydrogens (tertiary/aromatic N) is 15. The van der Waals surface area contributed by atoms with E-state index in [1.54, 1.807) is 21.5 Å². The lowest BCUT2D eigenvalue weighted by atomic mass is 10.0. The predicted molar refractivity (Wildman–Crippen MR) is 299 cm³/mol. The molecule has 2 aromatic carbocycles. The van der Waals surface area contributed by atoms with Gasteiger partial charge < -0.3 is 13.7 Å². The van der Waals surface area contributed by atoms with Crippen LogP contribution in [0.5, 0.6) is 0 Å². The summed E-state index contributed by atoms with van der Waals surface area (Å²) < 4.78 is 9.96. The first-order chi connectivity index (χ1) is 35.1. The van der Waals surface area contributed by atoms with Crippen LogP contribution in [0, 0.1) is 5.92 Å². The first kappa shape index (κ1) is 55.3. The number of hydrogen-bond acceptors (Lipinski definition) is 11. The summed E-state index contributed by atoms with van der Waals surface area (Å²) in [6.45, 7) is 25.5. The van der Waals surface area contributed by atoms with Crippen molar-refractivity contribution >= 4 is 56.4 Å². The second-order valence-corrected chi connectivity index (χ2v) is 19.5. The van der Waals surface area contributed by atoms with E-state index in [1.807, 2.05) is 118 Å². The average Bonchev–Trinajstić information content (AvgIpc) is 4.25. The SMILES string of the molecule is C.CC(C)C1=CCc2cccnc21.CC(C)c1nnc2cccnn12.CC(C)c1nnc2n1C=CCC2=O.CC(C)n1cnc2ccccc21.CC(C)n1cnc2ccccc21.CC(C)n1cnc2cccnc21. The molecule has 0 fully saturated rings. The van der Waals surface area contributed by atoms with Gasteiger partial charge in [0.2, 0.25) is 11.6 Å². The maximum atomic E-state index is 11.3. The number of imidazole rings is 3. The number of para-hydroxylation sites is 4. The fourth-order valence-corrected chi connectivity index (χ4v) is 8.23. The van der Waals surface area contributed by atoms with Crippen molar-refractivity contribution in [2.75, 3.05) is 0 Å². The van der Waals surface area contributed by atoms with Gasteiger partial charge in [0.05, 0.1) is 46.7 Å². The molecule has 0 saturated carbocycles. The second-order valence-electron chi connectivity index (χ2n) is 19.5. The van der Waals surface area contributed by atoms with Gasteiger partial charge in [-0.1, -0.05) is 91.5 Å². The highest BCUT2D eigenvalue weighted by molar-refractivity contribution is 5.96. The van der Waals surface area contributed by atoms with Crippen LogP contribution in [0.15, 0.2) is 135 Å². The van der Waals surface area contributed by atoms with Crippen LogP contribution in [0.25, 0.3) is 50.7 Å². The smallest absolute Gasteiger partial charge is 0.204 e. The summed E-state index contributed by atoms with van der Waals surface area (Å²) in [6.07, 6.45) is 18.5. The molecule has 0 spiro atoms. The molecule has 0 atom stereocenters. The minimum Gasteiger partial charge on any atom is -0.328 e. The van der Waals surface area contributed by atoms with E-state index in [4.69, 9.17) is 0 Å². The minimum absolute atomic E-state index is 0. The molecule has 0 amide bonds. The van der Waals surface area contributed by atoms with E-state index in [0.29, 0.717) is 42.2 Å². The molecular weight excluding hydrogens is 923 g/mol. The molecule has 8 aromatic heterocycles. The molecule has 0 unspecified atom stereocenters. The van der Waals surface area contributed by atoms with Crippen LogP contribution in [-0.2, 0) is 6.42 Å². The first-order valence-electron chi connectivity index (χ1n) is 25.2. The van der Waals surface area contributed by atoms with E-state index in [-0.39, 0.29) is 19.1 Å². The largest absolute Gasteiger partial charge is 0.328 e. The van der Waals surface area contributed by atoms with E-state index in [1.165, 1.54) is 27.9 Å². The molecule has 0 radical (unpaired) electrons. The molecule has 10 aromatic rings. The molecule has 74 heavy (non-hydrogen) atoms. The van der Waals surface area contributed by atoms with E-state index in [9.17, 15) is 4.79 Å². The number of allylic oxidation sites excluding steroid dienone is 3. The second kappa shape index (κ2) is 25.6. The van der Waals surface area contributed by atoms with Crippen LogP contribution in [-0.4, -0.2) is 79.0 Å². The van der Waals surface area contributed by atoms with Crippen LogP contribution in [0.3, 0.4) is 0 Å². The van der Waals surface area contributed by atoms with Crippen molar-refractivity contribution in [3.63, 3.8) is 0 Å². The molecule has 1 aliphatic heterocycles. The third kappa shape index (κ3) is 13.1. The molecule has 16 nitrogen and oxygen atoms in total. The Morgan fingerprint density at radius 2 is 1.04 bits per heavy atom. The summed E-state index contributed by atoms with van der Waals surface area (Å²) in [7, 11) is 0. The molecule has 9 heterocycles. The zero-order chi connectivity index (χ0) is 52.2. The molecular formula is C58H73N15O. The Morgan fingerprint density at radius 3 is 1.65 bits per heavy atom. The fourth-order valence-electron chi connectivity index (χ4n) is 8.23. The number of hydrogen-bond donors (Lipinski definition) is 0. The summed E-state index contributed by atoms with van der Waals surface area (Å²) in [4.78, 5) is 32.8. The lowest BCUT2D eigenvalue weighted by molar-refractivity contribution is 0.0982. The Kier molecular flexibility index (Phi) is 19.1. The van der Waals surface area contributed by atoms with Gasteiger partial charge in [0.1, 0.15) is 11.3 Å². The summed E-state index contributed by atoms with van der Waals surface area (Å²) in [6, 6.07) is 29.6. The third-order valence-corrected chi connectivity index (χ3v) is 12.1. The zero-order valence-corrected chi connectivity index (χ0v) is 44.3. The molecule has 0 saturated heterocycles. The van der Waals surface area contributed by atoms with Crippen molar-refractivity contribution in [3.8, 4) is 0 Å². The number of carbonyl (C=O) groups is 1. The Balaban J connectivity index is 0.000000144. The van der Waals surface area contributed by atoms with Crippen LogP contribution >= 0.6 is 0 Å². The summed E-state index contributed by atoms with van der Waals surface area (Å²) in [5, 5.41) is 20.0. The van der Waals surface area contributed by atoms with E-state index >= 15 is 0 Å². The maximum Gasteiger partial charge on any atom is 0.204 e. The van der Waals surface area contributed by atoms with Crippen molar-refractivity contribution in [2.24, 2.45) is 5.92 Å². The number of benzene rings is 2. The zero-order valence-electron chi connectivity index (χ0n) is 44.3. The summed E-state index contributed by atoms with van der Waals surface area (Å²) >= 11 is 0. The van der Waals surface area contributed by atoms with Crippen molar-refractivity contribution in [3.05, 3.63) is 163 Å². The van der Waals surface area contributed by atoms with Gasteiger partial charge in [-0.25, -0.2) is 19.9 Å². The number of Topliss-reactive ketones (excluding diaryl/α,β-unsaturated/α-hetero) is 1. The maximum absolute atomic E-state index is 11.3. The van der Waals surface area contributed by atoms with Crippen molar-refractivity contribution in [1.82, 2.24) is 73.2 Å². The first-order valence-corrected chi connectivity index (χ1v) is 25.2. The normalized spacial score (nSPS) is 12.4. The van der Waals surface area contributed by atoms with Crippen LogP contribution in [0.2, 0.25) is 0 Å². The van der Waals surface area contributed by atoms with Gasteiger partial charge in [0.15, 0.2) is 17.1 Å². The summed E-state index contributed by atoms with van der Waals surface area (Å²) in [5.41, 5.74) is 11.3. The van der Waals surface area contributed by atoms with Crippen LogP contribution in [0.4, 0.5) is 0 Å². The van der Waals surface area contributed by atoms with Crippen molar-refractivity contribution < 1.29 is 4.79 Å². The Labute approximate surface area is 435 Å². The molecule has 12 rings (SSSR count). The van der Waals surface area contributed by atoms with Crippen molar-refractivity contribution in [1.29, 1.82) is 0 Å². The predicted octanol–water partition coefficient (Wildman–Crippen LogP) is 13.3. The Morgan fingerprint density at radius 1 is 0.500 bits per heavy atom. The quantitative estimate of drug-likeness (QED) is 0.155. The van der Waals surface area contributed by atoms with Crippen LogP contribution < -0.4 is 0 Å². The number of ketones is 1. The lowest BCUT2D eigenvalue weighted by Crippen LogP contribution is -2.11. The van der Waals surface area contributed by atoms with Gasteiger partial charge in [-0.05, 0) is 120 Å². The molecule has 16 heteroatoms. The number of rotatable bonds is 6. The fraction of sp³-hybridized carbons (Fsp3) is 0.362. The van der Waals surface area contributed by atoms with Gasteiger partial charge >= 0.3 is 0 Å². The highest BCUT2D eigenvalue weighted by atomic mass is 16.1. The Bertz CT molecular complexity index is 3120. The Hall–Kier alpha value is -8.01. The van der Waals surface area contributed by atoms with E-state index < -0.39 is 0 Å². The number of aromatic nitrogens is 15. The van der Waals surface area contributed by atoms with Gasteiger partial charge in [-0.2, -0.15) is 9.61 Å². The molecule has 0 bridgehead atoms. The topological polar surface area (TPSA) is 170 Å². The molecule has 386 valence electrons. The van der Waals surface area contributed by atoms with E-state index in [0.717, 1.165) is 45.9 Å². The number of fused-ring (bicyclic) bond motifs is 6. The number of pyridine rings is 2. The van der Waals surface area contributed by atoms with Gasteiger partial charge in [-0.15, -0.1) is 20.4 Å². The van der Waals surface area contributed by atoms with E-state index in [2.05, 4.69) is 158 Å². The standard InChI is InChI=1S/C11H13N.2C10H12N2.C9H11N3O.C9H11N3.C8H10N4.CH4/c1-8(2)10-6-5-9-4-3-7-12-11(9)10;2*1-8(2)12-7-11-9-5-3-4-6-10(9)12;1-6(2)8-10-11-9-7(13)4-3-5-12(8)9;1-7(2)12-6-11-8-4-3-5-10-9(8)12;1-6(2)8-11-10-7-4-3-5-9-12(7)8;/h3-4,6-8H,5H2,1-2H3;2*3-8H,1-2H3;3,5-6H,4H2,1-2H3;3-7H,1-2H3;3-6H,1-2H3;1H4. The highest BCUT2D eigenvalue weighted by Gasteiger charge is 2.21. The van der Waals surface area contributed by atoms with Crippen molar-refractivity contribution in [2.45, 2.75) is 133 Å².